The lowest BCUT2D eigenvalue weighted by atomic mass is 10.0. The molecule has 2 atom stereocenters. The van der Waals surface area contributed by atoms with Crippen LogP contribution < -0.4 is 5.32 Å². The molecule has 21 heavy (non-hydrogen) atoms. The zero-order valence-corrected chi connectivity index (χ0v) is 13.0. The van der Waals surface area contributed by atoms with Crippen LogP contribution >= 0.6 is 11.3 Å². The van der Waals surface area contributed by atoms with Gasteiger partial charge >= 0.3 is 0 Å². The van der Waals surface area contributed by atoms with Crippen LogP contribution in [0.15, 0.2) is 28.7 Å². The number of amides is 1. The van der Waals surface area contributed by atoms with E-state index in [1.807, 2.05) is 38.1 Å². The SMILES string of the molecule is Cc1ccc(-c2ccc(C(=O)N[C@@H](C)[C@H]3CCOC3)s2)o1. The number of ether oxygens (including phenoxy) is 1. The van der Waals surface area contributed by atoms with Crippen molar-refractivity contribution in [3.05, 3.63) is 34.9 Å². The van der Waals surface area contributed by atoms with Crippen molar-refractivity contribution in [1.82, 2.24) is 5.32 Å². The molecule has 2 aromatic heterocycles. The van der Waals surface area contributed by atoms with E-state index in [9.17, 15) is 4.79 Å². The summed E-state index contributed by atoms with van der Waals surface area (Å²) in [6.45, 7) is 5.49. The van der Waals surface area contributed by atoms with Crippen molar-refractivity contribution >= 4 is 17.2 Å². The molecule has 1 amide bonds. The van der Waals surface area contributed by atoms with E-state index in [2.05, 4.69) is 5.32 Å². The first-order valence-electron chi connectivity index (χ1n) is 7.19. The first-order chi connectivity index (χ1) is 10.1. The van der Waals surface area contributed by atoms with Crippen LogP contribution in [0.25, 0.3) is 10.6 Å². The van der Waals surface area contributed by atoms with E-state index in [1.165, 1.54) is 11.3 Å². The molecule has 1 aliphatic rings. The summed E-state index contributed by atoms with van der Waals surface area (Å²) in [5.74, 6) is 2.09. The van der Waals surface area contributed by atoms with E-state index >= 15 is 0 Å². The van der Waals surface area contributed by atoms with E-state index < -0.39 is 0 Å². The van der Waals surface area contributed by atoms with Crippen molar-refractivity contribution in [2.75, 3.05) is 13.2 Å². The van der Waals surface area contributed by atoms with Crippen LogP contribution in [0.3, 0.4) is 0 Å². The highest BCUT2D eigenvalue weighted by atomic mass is 32.1. The third-order valence-corrected chi connectivity index (χ3v) is 4.94. The molecule has 3 rings (SSSR count). The van der Waals surface area contributed by atoms with Crippen LogP contribution in [0.5, 0.6) is 0 Å². The number of aryl methyl sites for hydroxylation is 1. The molecule has 0 bridgehead atoms. The molecule has 1 N–H and O–H groups in total. The summed E-state index contributed by atoms with van der Waals surface area (Å²) in [6.07, 6.45) is 1.02. The molecule has 3 heterocycles. The van der Waals surface area contributed by atoms with Gasteiger partial charge in [-0.15, -0.1) is 11.3 Å². The molecule has 4 nitrogen and oxygen atoms in total. The van der Waals surface area contributed by atoms with Gasteiger partial charge in [0.25, 0.3) is 5.91 Å². The summed E-state index contributed by atoms with van der Waals surface area (Å²) < 4.78 is 11.0. The Labute approximate surface area is 128 Å². The minimum absolute atomic E-state index is 0.0195. The Morgan fingerprint density at radius 1 is 1.38 bits per heavy atom. The lowest BCUT2D eigenvalue weighted by molar-refractivity contribution is 0.0926. The lowest BCUT2D eigenvalue weighted by Gasteiger charge is -2.18. The fourth-order valence-corrected chi connectivity index (χ4v) is 3.37. The van der Waals surface area contributed by atoms with Gasteiger partial charge in [-0.05, 0) is 44.5 Å². The zero-order valence-electron chi connectivity index (χ0n) is 12.2. The summed E-state index contributed by atoms with van der Waals surface area (Å²) in [5, 5.41) is 3.07. The molecule has 1 saturated heterocycles. The van der Waals surface area contributed by atoms with Crippen LogP contribution in [-0.2, 0) is 4.74 Å². The number of nitrogens with one attached hydrogen (secondary N) is 1. The number of furan rings is 1. The smallest absolute Gasteiger partial charge is 0.261 e. The van der Waals surface area contributed by atoms with Crippen LogP contribution in [0, 0.1) is 12.8 Å². The average Bonchev–Trinajstić information content (AvgIpc) is 3.19. The van der Waals surface area contributed by atoms with Crippen molar-refractivity contribution in [3.63, 3.8) is 0 Å². The first kappa shape index (κ1) is 14.4. The Kier molecular flexibility index (Phi) is 4.12. The molecule has 0 spiro atoms. The third-order valence-electron chi connectivity index (χ3n) is 3.84. The van der Waals surface area contributed by atoms with E-state index in [4.69, 9.17) is 9.15 Å². The second kappa shape index (κ2) is 6.03. The second-order valence-electron chi connectivity index (χ2n) is 5.46. The highest BCUT2D eigenvalue weighted by molar-refractivity contribution is 7.17. The monoisotopic (exact) mass is 305 g/mol. The highest BCUT2D eigenvalue weighted by Crippen LogP contribution is 2.29. The van der Waals surface area contributed by atoms with Gasteiger partial charge in [-0.1, -0.05) is 0 Å². The van der Waals surface area contributed by atoms with Crippen molar-refractivity contribution in [2.24, 2.45) is 5.92 Å². The fraction of sp³-hybridized carbons (Fsp3) is 0.438. The van der Waals surface area contributed by atoms with Crippen LogP contribution in [-0.4, -0.2) is 25.2 Å². The van der Waals surface area contributed by atoms with E-state index in [0.717, 1.165) is 36.0 Å². The summed E-state index contributed by atoms with van der Waals surface area (Å²) in [7, 11) is 0. The maximum absolute atomic E-state index is 12.3. The van der Waals surface area contributed by atoms with Crippen LogP contribution in [0.1, 0.15) is 28.8 Å². The number of carbonyl (C=O) groups excluding carboxylic acids is 1. The molecule has 112 valence electrons. The Hall–Kier alpha value is -1.59. The van der Waals surface area contributed by atoms with Crippen molar-refractivity contribution < 1.29 is 13.9 Å². The van der Waals surface area contributed by atoms with E-state index in [1.54, 1.807) is 0 Å². The average molecular weight is 305 g/mol. The fourth-order valence-electron chi connectivity index (χ4n) is 2.50. The topological polar surface area (TPSA) is 51.5 Å². The number of carbonyl (C=O) groups is 1. The number of thiophene rings is 1. The van der Waals surface area contributed by atoms with Gasteiger partial charge in [-0.3, -0.25) is 4.79 Å². The van der Waals surface area contributed by atoms with Gasteiger partial charge in [-0.2, -0.15) is 0 Å². The largest absolute Gasteiger partial charge is 0.461 e. The minimum atomic E-state index is -0.0195. The second-order valence-corrected chi connectivity index (χ2v) is 6.54. The quantitative estimate of drug-likeness (QED) is 0.941. The molecule has 2 aromatic rings. The van der Waals surface area contributed by atoms with Crippen molar-refractivity contribution in [1.29, 1.82) is 0 Å². The lowest BCUT2D eigenvalue weighted by Crippen LogP contribution is -2.38. The molecule has 1 aliphatic heterocycles. The summed E-state index contributed by atoms with van der Waals surface area (Å²) in [6, 6.07) is 7.78. The van der Waals surface area contributed by atoms with Crippen LogP contribution in [0.2, 0.25) is 0 Å². The van der Waals surface area contributed by atoms with E-state index in [-0.39, 0.29) is 11.9 Å². The first-order valence-corrected chi connectivity index (χ1v) is 8.00. The molecule has 0 aromatic carbocycles. The van der Waals surface area contributed by atoms with Gasteiger partial charge in [0.2, 0.25) is 0 Å². The minimum Gasteiger partial charge on any atom is -0.461 e. The molecule has 0 saturated carbocycles. The predicted molar refractivity (Wildman–Crippen MR) is 82.6 cm³/mol. The molecule has 0 unspecified atom stereocenters. The normalized spacial score (nSPS) is 19.6. The molecule has 1 fully saturated rings. The molecule has 0 radical (unpaired) electrons. The maximum Gasteiger partial charge on any atom is 0.261 e. The predicted octanol–water partition coefficient (Wildman–Crippen LogP) is 3.47. The van der Waals surface area contributed by atoms with Gasteiger partial charge in [0, 0.05) is 18.6 Å². The summed E-state index contributed by atoms with van der Waals surface area (Å²) in [5.41, 5.74) is 0. The van der Waals surface area contributed by atoms with Gasteiger partial charge in [0.15, 0.2) is 0 Å². The maximum atomic E-state index is 12.3. The highest BCUT2D eigenvalue weighted by Gasteiger charge is 2.24. The van der Waals surface area contributed by atoms with Gasteiger partial charge in [0.05, 0.1) is 16.4 Å². The van der Waals surface area contributed by atoms with Crippen molar-refractivity contribution in [2.45, 2.75) is 26.3 Å². The molecular formula is C16H19NO3S. The molecule has 5 heteroatoms. The number of rotatable bonds is 4. The Balaban J connectivity index is 1.66. The summed E-state index contributed by atoms with van der Waals surface area (Å²) >= 11 is 1.45. The van der Waals surface area contributed by atoms with Gasteiger partial charge < -0.3 is 14.5 Å². The standard InChI is InChI=1S/C16H19NO3S/c1-10-3-4-13(20-10)14-5-6-15(21-14)16(18)17-11(2)12-7-8-19-9-12/h3-6,11-12H,7-9H2,1-2H3,(H,17,18)/t11-,12-/m0/s1. The van der Waals surface area contributed by atoms with Crippen molar-refractivity contribution in [3.8, 4) is 10.6 Å². The Morgan fingerprint density at radius 3 is 2.90 bits per heavy atom. The van der Waals surface area contributed by atoms with Gasteiger partial charge in [0.1, 0.15) is 11.5 Å². The van der Waals surface area contributed by atoms with Crippen LogP contribution in [0.4, 0.5) is 0 Å². The summed E-state index contributed by atoms with van der Waals surface area (Å²) in [4.78, 5) is 14.0. The molecule has 0 aliphatic carbocycles. The Bertz CT molecular complexity index is 625. The zero-order chi connectivity index (χ0) is 14.8. The number of hydrogen-bond acceptors (Lipinski definition) is 4. The van der Waals surface area contributed by atoms with Gasteiger partial charge in [-0.25, -0.2) is 0 Å². The molecular weight excluding hydrogens is 286 g/mol. The number of hydrogen-bond donors (Lipinski definition) is 1. The third kappa shape index (κ3) is 3.19. The van der Waals surface area contributed by atoms with E-state index in [0.29, 0.717) is 10.8 Å². The Morgan fingerprint density at radius 2 is 2.24 bits per heavy atom.